The van der Waals surface area contributed by atoms with E-state index in [-0.39, 0.29) is 24.0 Å². The summed E-state index contributed by atoms with van der Waals surface area (Å²) in [6.07, 6.45) is 7.14. The van der Waals surface area contributed by atoms with E-state index in [1.165, 1.54) is 33.5 Å². The van der Waals surface area contributed by atoms with E-state index in [2.05, 4.69) is 0 Å². The van der Waals surface area contributed by atoms with Crippen LogP contribution >= 0.6 is 0 Å². The van der Waals surface area contributed by atoms with Crippen molar-refractivity contribution >= 4 is 12.1 Å². The topological polar surface area (TPSA) is 55.8 Å². The minimum atomic E-state index is -0.260. The van der Waals surface area contributed by atoms with E-state index in [4.69, 9.17) is 9.47 Å². The molecule has 2 rings (SSSR count). The monoisotopic (exact) mass is 283 g/mol. The first-order valence-electron chi connectivity index (χ1n) is 7.59. The summed E-state index contributed by atoms with van der Waals surface area (Å²) in [5.41, 5.74) is 0. The van der Waals surface area contributed by atoms with Crippen LogP contribution in [0, 0.1) is 11.8 Å². The van der Waals surface area contributed by atoms with E-state index in [1.54, 1.807) is 0 Å². The predicted molar refractivity (Wildman–Crippen MR) is 74.2 cm³/mol. The van der Waals surface area contributed by atoms with Gasteiger partial charge in [-0.25, -0.2) is 4.79 Å². The van der Waals surface area contributed by atoms with Gasteiger partial charge in [-0.1, -0.05) is 19.3 Å². The summed E-state index contributed by atoms with van der Waals surface area (Å²) in [6.45, 7) is 0.591. The van der Waals surface area contributed by atoms with Crippen LogP contribution in [-0.4, -0.2) is 43.8 Å². The van der Waals surface area contributed by atoms with Crippen molar-refractivity contribution in [3.05, 3.63) is 0 Å². The normalized spacial score (nSPS) is 28.0. The molecule has 1 amide bonds. The van der Waals surface area contributed by atoms with Gasteiger partial charge in [-0.15, -0.1) is 0 Å². The maximum absolute atomic E-state index is 12.0. The van der Waals surface area contributed by atoms with Crippen LogP contribution in [0.3, 0.4) is 0 Å². The van der Waals surface area contributed by atoms with E-state index >= 15 is 0 Å². The molecule has 1 saturated heterocycles. The van der Waals surface area contributed by atoms with Crippen LogP contribution in [0.25, 0.3) is 0 Å². The highest BCUT2D eigenvalue weighted by Gasteiger charge is 2.39. The van der Waals surface area contributed by atoms with Gasteiger partial charge >= 0.3 is 12.1 Å². The molecule has 1 saturated carbocycles. The van der Waals surface area contributed by atoms with Crippen molar-refractivity contribution in [1.82, 2.24) is 4.90 Å². The summed E-state index contributed by atoms with van der Waals surface area (Å²) in [6, 6.07) is 0.126. The lowest BCUT2D eigenvalue weighted by Crippen LogP contribution is -2.51. The minimum Gasteiger partial charge on any atom is -0.469 e. The van der Waals surface area contributed by atoms with Gasteiger partial charge in [0.2, 0.25) is 0 Å². The van der Waals surface area contributed by atoms with Crippen LogP contribution in [0.4, 0.5) is 4.79 Å². The van der Waals surface area contributed by atoms with Crippen molar-refractivity contribution < 1.29 is 19.1 Å². The van der Waals surface area contributed by atoms with Crippen LogP contribution in [0.5, 0.6) is 0 Å². The van der Waals surface area contributed by atoms with Gasteiger partial charge in [-0.2, -0.15) is 0 Å². The number of piperidine rings is 1. The van der Waals surface area contributed by atoms with Crippen molar-refractivity contribution in [3.63, 3.8) is 0 Å². The number of hydrogen-bond acceptors (Lipinski definition) is 4. The van der Waals surface area contributed by atoms with Crippen molar-refractivity contribution in [3.8, 4) is 0 Å². The molecule has 0 radical (unpaired) electrons. The highest BCUT2D eigenvalue weighted by atomic mass is 16.5. The number of likely N-dealkylation sites (tertiary alicyclic amines) is 1. The lowest BCUT2D eigenvalue weighted by molar-refractivity contribution is -0.148. The molecule has 1 heterocycles. The average molecular weight is 283 g/mol. The van der Waals surface area contributed by atoms with Crippen LogP contribution in [0.15, 0.2) is 0 Å². The highest BCUT2D eigenvalue weighted by Crippen LogP contribution is 2.36. The average Bonchev–Trinajstić information content (AvgIpc) is 2.53. The molecule has 20 heavy (non-hydrogen) atoms. The third-order valence-electron chi connectivity index (χ3n) is 4.78. The third-order valence-corrected chi connectivity index (χ3v) is 4.78. The Morgan fingerprint density at radius 1 is 1.00 bits per heavy atom. The minimum absolute atomic E-state index is 0.0761. The molecule has 2 fully saturated rings. The first kappa shape index (κ1) is 15.1. The summed E-state index contributed by atoms with van der Waals surface area (Å²) in [7, 11) is 2.86. The van der Waals surface area contributed by atoms with Gasteiger partial charge in [0.15, 0.2) is 0 Å². The molecule has 1 aliphatic carbocycles. The fraction of sp³-hybridized carbons (Fsp3) is 0.867. The Balaban J connectivity index is 2.09. The predicted octanol–water partition coefficient (Wildman–Crippen LogP) is 2.59. The van der Waals surface area contributed by atoms with Crippen molar-refractivity contribution in [2.75, 3.05) is 20.8 Å². The number of esters is 1. The molecule has 5 heteroatoms. The number of amides is 1. The Morgan fingerprint density at radius 3 is 2.30 bits per heavy atom. The number of ether oxygens (including phenoxy) is 2. The highest BCUT2D eigenvalue weighted by molar-refractivity contribution is 5.73. The molecule has 114 valence electrons. The van der Waals surface area contributed by atoms with Gasteiger partial charge in [0.05, 0.1) is 20.1 Å². The van der Waals surface area contributed by atoms with E-state index < -0.39 is 0 Å². The van der Waals surface area contributed by atoms with Crippen LogP contribution in [-0.2, 0) is 14.3 Å². The number of carbonyl (C=O) groups is 2. The molecular weight excluding hydrogens is 258 g/mol. The maximum Gasteiger partial charge on any atom is 0.409 e. The van der Waals surface area contributed by atoms with E-state index in [1.807, 2.05) is 4.90 Å². The summed E-state index contributed by atoms with van der Waals surface area (Å²) >= 11 is 0. The van der Waals surface area contributed by atoms with Crippen LogP contribution in [0.2, 0.25) is 0 Å². The molecule has 0 N–H and O–H groups in total. The summed E-state index contributed by atoms with van der Waals surface area (Å²) < 4.78 is 9.78. The summed E-state index contributed by atoms with van der Waals surface area (Å²) in [4.78, 5) is 25.6. The Labute approximate surface area is 120 Å². The quantitative estimate of drug-likeness (QED) is 0.731. The molecule has 2 unspecified atom stereocenters. The largest absolute Gasteiger partial charge is 0.469 e. The fourth-order valence-electron chi connectivity index (χ4n) is 3.69. The van der Waals surface area contributed by atoms with Gasteiger partial charge < -0.3 is 14.4 Å². The molecule has 2 aliphatic rings. The molecule has 5 nitrogen and oxygen atoms in total. The van der Waals surface area contributed by atoms with Gasteiger partial charge in [0.1, 0.15) is 0 Å². The van der Waals surface area contributed by atoms with Gasteiger partial charge in [-0.05, 0) is 31.6 Å². The molecule has 0 aromatic carbocycles. The number of carbonyl (C=O) groups excluding carboxylic acids is 2. The smallest absolute Gasteiger partial charge is 0.409 e. The first-order chi connectivity index (χ1) is 9.67. The zero-order valence-electron chi connectivity index (χ0n) is 12.5. The van der Waals surface area contributed by atoms with Gasteiger partial charge in [0.25, 0.3) is 0 Å². The van der Waals surface area contributed by atoms with E-state index in [0.29, 0.717) is 25.3 Å². The second-order valence-corrected chi connectivity index (χ2v) is 5.87. The molecular formula is C15H25NO4. The molecule has 2 atom stereocenters. The lowest BCUT2D eigenvalue weighted by Gasteiger charge is -2.43. The second kappa shape index (κ2) is 6.95. The molecule has 0 aromatic rings. The van der Waals surface area contributed by atoms with Crippen LogP contribution in [0.1, 0.15) is 44.9 Å². The lowest BCUT2D eigenvalue weighted by atomic mass is 9.77. The number of rotatable bonds is 2. The number of methoxy groups -OCH3 is 2. The summed E-state index contributed by atoms with van der Waals surface area (Å²) in [5.74, 6) is 0.276. The number of nitrogens with zero attached hydrogens (tertiary/aromatic N) is 1. The molecule has 0 aromatic heterocycles. The Hall–Kier alpha value is -1.26. The van der Waals surface area contributed by atoms with E-state index in [9.17, 15) is 9.59 Å². The second-order valence-electron chi connectivity index (χ2n) is 5.87. The third kappa shape index (κ3) is 3.25. The number of hydrogen-bond donors (Lipinski definition) is 0. The molecule has 0 bridgehead atoms. The van der Waals surface area contributed by atoms with E-state index in [0.717, 1.165) is 12.8 Å². The van der Waals surface area contributed by atoms with Crippen molar-refractivity contribution in [2.24, 2.45) is 11.8 Å². The zero-order valence-corrected chi connectivity index (χ0v) is 12.5. The Bertz CT molecular complexity index is 352. The fourth-order valence-corrected chi connectivity index (χ4v) is 3.69. The first-order valence-corrected chi connectivity index (χ1v) is 7.59. The molecule has 1 aliphatic heterocycles. The summed E-state index contributed by atoms with van der Waals surface area (Å²) in [5, 5.41) is 0. The zero-order chi connectivity index (χ0) is 14.5. The Kier molecular flexibility index (Phi) is 5.26. The van der Waals surface area contributed by atoms with Crippen molar-refractivity contribution in [1.29, 1.82) is 0 Å². The van der Waals surface area contributed by atoms with Crippen LogP contribution < -0.4 is 0 Å². The maximum atomic E-state index is 12.0. The molecule has 0 spiro atoms. The van der Waals surface area contributed by atoms with Gasteiger partial charge in [-0.3, -0.25) is 4.79 Å². The SMILES string of the molecule is COC(=O)C1CCN(C(=O)OC)C(C2CCCCC2)C1. The van der Waals surface area contributed by atoms with Gasteiger partial charge in [0, 0.05) is 12.6 Å². The standard InChI is InChI=1S/C15H25NO4/c1-19-14(17)12-8-9-16(15(18)20-2)13(10-12)11-6-4-3-5-7-11/h11-13H,3-10H2,1-2H3. The van der Waals surface area contributed by atoms with Crippen molar-refractivity contribution in [2.45, 2.75) is 51.0 Å². The Morgan fingerprint density at radius 2 is 1.70 bits per heavy atom.